The van der Waals surface area contributed by atoms with E-state index in [0.717, 1.165) is 16.2 Å². The Hall–Kier alpha value is -3.52. The summed E-state index contributed by atoms with van der Waals surface area (Å²) in [7, 11) is 0. The van der Waals surface area contributed by atoms with Crippen LogP contribution < -0.4 is 20.9 Å². The number of nitrogens with zero attached hydrogens (tertiary/aromatic N) is 3. The standard InChI is InChI=1S/C29H36ClN5O7S/c1-18(2)26(31)27(38)32-12-4-3-5-24(36)35(28(39)22-10-11-23(30)43-22)16-21-15-34(29(40)42-21)20-8-6-19(7-9-20)33-13-14-41-17-25(33)37/h6-11,18,21,26H,3-5,12-17,31H2,1-2H3,(H,32,38)/t21-,26+/m1/s1. The van der Waals surface area contributed by atoms with Crippen LogP contribution in [0.2, 0.25) is 4.34 Å². The minimum atomic E-state index is -0.756. The Labute approximate surface area is 259 Å². The van der Waals surface area contributed by atoms with Crippen LogP contribution in [0.4, 0.5) is 16.2 Å². The first kappa shape index (κ1) is 32.4. The van der Waals surface area contributed by atoms with E-state index in [4.69, 9.17) is 26.8 Å². The van der Waals surface area contributed by atoms with Gasteiger partial charge in [0.1, 0.15) is 12.7 Å². The number of hydrogen-bond donors (Lipinski definition) is 2. The fraction of sp³-hybridized carbons (Fsp3) is 0.483. The third-order valence-electron chi connectivity index (χ3n) is 7.19. The number of nitrogens with two attached hydrogens (primary N) is 1. The Morgan fingerprint density at radius 2 is 1.79 bits per heavy atom. The molecule has 14 heteroatoms. The summed E-state index contributed by atoms with van der Waals surface area (Å²) in [4.78, 5) is 68.0. The van der Waals surface area contributed by atoms with Crippen molar-refractivity contribution in [1.29, 1.82) is 0 Å². The van der Waals surface area contributed by atoms with Crippen molar-refractivity contribution in [3.8, 4) is 0 Å². The van der Waals surface area contributed by atoms with Gasteiger partial charge in [-0.25, -0.2) is 4.79 Å². The van der Waals surface area contributed by atoms with Crippen molar-refractivity contribution in [2.45, 2.75) is 45.3 Å². The second kappa shape index (κ2) is 14.8. The first-order valence-electron chi connectivity index (χ1n) is 14.1. The van der Waals surface area contributed by atoms with E-state index in [2.05, 4.69) is 5.32 Å². The van der Waals surface area contributed by atoms with E-state index in [1.165, 1.54) is 4.90 Å². The zero-order valence-corrected chi connectivity index (χ0v) is 25.7. The lowest BCUT2D eigenvalue weighted by molar-refractivity contribution is -0.129. The van der Waals surface area contributed by atoms with E-state index in [1.54, 1.807) is 41.3 Å². The summed E-state index contributed by atoms with van der Waals surface area (Å²) in [6.45, 7) is 4.99. The molecule has 2 atom stereocenters. The van der Waals surface area contributed by atoms with E-state index < -0.39 is 30.1 Å². The molecular weight excluding hydrogens is 598 g/mol. The number of rotatable bonds is 12. The van der Waals surface area contributed by atoms with Crippen molar-refractivity contribution in [3.05, 3.63) is 45.6 Å². The van der Waals surface area contributed by atoms with Gasteiger partial charge in [-0.2, -0.15) is 0 Å². The zero-order valence-electron chi connectivity index (χ0n) is 24.1. The summed E-state index contributed by atoms with van der Waals surface area (Å²) >= 11 is 7.09. The summed E-state index contributed by atoms with van der Waals surface area (Å²) in [6, 6.07) is 9.46. The Balaban J connectivity index is 1.37. The Morgan fingerprint density at radius 1 is 1.09 bits per heavy atom. The molecular formula is C29H36ClN5O7S. The highest BCUT2D eigenvalue weighted by Gasteiger charge is 2.36. The van der Waals surface area contributed by atoms with Gasteiger partial charge in [-0.05, 0) is 55.2 Å². The number of halogens is 1. The number of benzene rings is 1. The number of thiophene rings is 1. The fourth-order valence-corrected chi connectivity index (χ4v) is 5.66. The minimum Gasteiger partial charge on any atom is -0.442 e. The van der Waals surface area contributed by atoms with Crippen molar-refractivity contribution in [2.75, 3.05) is 49.2 Å². The SMILES string of the molecule is CC(C)[C@H](N)C(=O)NCCCCC(=O)N(C[C@H]1CN(c2ccc(N3CCOCC3=O)cc2)C(=O)O1)C(=O)c1ccc(Cl)s1. The molecule has 43 heavy (non-hydrogen) atoms. The third kappa shape index (κ3) is 8.31. The first-order valence-corrected chi connectivity index (χ1v) is 15.3. The maximum Gasteiger partial charge on any atom is 0.414 e. The Kier molecular flexibility index (Phi) is 11.1. The van der Waals surface area contributed by atoms with E-state index >= 15 is 0 Å². The molecule has 0 bridgehead atoms. The number of unbranched alkanes of at least 4 members (excludes halogenated alkanes) is 1. The molecule has 232 valence electrons. The molecule has 2 aromatic rings. The molecule has 0 aliphatic carbocycles. The van der Waals surface area contributed by atoms with Gasteiger partial charge >= 0.3 is 6.09 Å². The topological polar surface area (TPSA) is 152 Å². The van der Waals surface area contributed by atoms with Crippen LogP contribution in [-0.2, 0) is 23.9 Å². The van der Waals surface area contributed by atoms with Crippen LogP contribution >= 0.6 is 22.9 Å². The zero-order chi connectivity index (χ0) is 31.1. The number of cyclic esters (lactones) is 1. The molecule has 1 aromatic heterocycles. The van der Waals surface area contributed by atoms with Gasteiger partial charge < -0.3 is 25.4 Å². The molecule has 2 aliphatic heterocycles. The van der Waals surface area contributed by atoms with Crippen LogP contribution in [0.5, 0.6) is 0 Å². The second-order valence-corrected chi connectivity index (χ2v) is 12.4. The van der Waals surface area contributed by atoms with Gasteiger partial charge in [0.25, 0.3) is 11.8 Å². The van der Waals surface area contributed by atoms with Crippen LogP contribution in [0.1, 0.15) is 42.8 Å². The Morgan fingerprint density at radius 3 is 2.42 bits per heavy atom. The number of carbonyl (C=O) groups excluding carboxylic acids is 5. The third-order valence-corrected chi connectivity index (χ3v) is 8.41. The molecule has 4 rings (SSSR count). The van der Waals surface area contributed by atoms with Crippen molar-refractivity contribution < 1.29 is 33.4 Å². The number of imide groups is 1. The molecule has 0 spiro atoms. The van der Waals surface area contributed by atoms with Crippen LogP contribution in [-0.4, -0.2) is 86.2 Å². The van der Waals surface area contributed by atoms with Gasteiger partial charge in [-0.15, -0.1) is 11.3 Å². The predicted molar refractivity (Wildman–Crippen MR) is 162 cm³/mol. The predicted octanol–water partition coefficient (Wildman–Crippen LogP) is 3.03. The van der Waals surface area contributed by atoms with Gasteiger partial charge in [-0.1, -0.05) is 25.4 Å². The molecule has 2 aliphatic rings. The molecule has 2 fully saturated rings. The van der Waals surface area contributed by atoms with Crippen molar-refractivity contribution in [1.82, 2.24) is 10.2 Å². The highest BCUT2D eigenvalue weighted by molar-refractivity contribution is 7.18. The van der Waals surface area contributed by atoms with Crippen LogP contribution in [0, 0.1) is 5.92 Å². The molecule has 3 N–H and O–H groups in total. The quantitative estimate of drug-likeness (QED) is 0.339. The molecule has 5 amide bonds. The number of ether oxygens (including phenoxy) is 2. The Bertz CT molecular complexity index is 1330. The largest absolute Gasteiger partial charge is 0.442 e. The lowest BCUT2D eigenvalue weighted by Crippen LogP contribution is -2.44. The average molecular weight is 634 g/mol. The normalized spacial score (nSPS) is 17.7. The highest BCUT2D eigenvalue weighted by Crippen LogP contribution is 2.27. The molecule has 12 nitrogen and oxygen atoms in total. The summed E-state index contributed by atoms with van der Waals surface area (Å²) in [5.74, 6) is -1.32. The van der Waals surface area contributed by atoms with Crippen LogP contribution in [0.3, 0.4) is 0 Å². The van der Waals surface area contributed by atoms with E-state index in [9.17, 15) is 24.0 Å². The number of anilines is 2. The molecule has 0 saturated carbocycles. The lowest BCUT2D eigenvalue weighted by atomic mass is 10.1. The molecule has 1 aromatic carbocycles. The van der Waals surface area contributed by atoms with E-state index in [-0.39, 0.29) is 43.8 Å². The summed E-state index contributed by atoms with van der Waals surface area (Å²) in [5, 5.41) is 2.77. The van der Waals surface area contributed by atoms with Gasteiger partial charge in [0.2, 0.25) is 11.8 Å². The lowest BCUT2D eigenvalue weighted by Gasteiger charge is -2.27. The number of amides is 5. The van der Waals surface area contributed by atoms with Gasteiger partial charge in [0.05, 0.1) is 35.0 Å². The summed E-state index contributed by atoms with van der Waals surface area (Å²) in [5.41, 5.74) is 7.11. The second-order valence-electron chi connectivity index (χ2n) is 10.7. The van der Waals surface area contributed by atoms with Crippen molar-refractivity contribution in [2.24, 2.45) is 11.7 Å². The van der Waals surface area contributed by atoms with Crippen molar-refractivity contribution >= 4 is 64.0 Å². The number of morpholine rings is 1. The molecule has 2 saturated heterocycles. The number of carbonyl (C=O) groups is 5. The summed E-state index contributed by atoms with van der Waals surface area (Å²) in [6.07, 6.45) is -0.349. The molecule has 3 heterocycles. The summed E-state index contributed by atoms with van der Waals surface area (Å²) < 4.78 is 11.1. The van der Waals surface area contributed by atoms with Crippen LogP contribution in [0.15, 0.2) is 36.4 Å². The molecule has 0 unspecified atom stereocenters. The molecule has 0 radical (unpaired) electrons. The number of nitrogens with one attached hydrogen (secondary N) is 1. The van der Waals surface area contributed by atoms with Crippen LogP contribution in [0.25, 0.3) is 0 Å². The smallest absolute Gasteiger partial charge is 0.414 e. The maximum absolute atomic E-state index is 13.3. The first-order chi connectivity index (χ1) is 20.5. The maximum atomic E-state index is 13.3. The van der Waals surface area contributed by atoms with Gasteiger partial charge in [0.15, 0.2) is 0 Å². The average Bonchev–Trinajstić information content (AvgIpc) is 3.59. The highest BCUT2D eigenvalue weighted by atomic mass is 35.5. The minimum absolute atomic E-state index is 0.00708. The van der Waals surface area contributed by atoms with Gasteiger partial charge in [-0.3, -0.25) is 29.0 Å². The fourth-order valence-electron chi connectivity index (χ4n) is 4.66. The van der Waals surface area contributed by atoms with Gasteiger partial charge in [0, 0.05) is 30.9 Å². The monoisotopic (exact) mass is 633 g/mol. The van der Waals surface area contributed by atoms with E-state index in [0.29, 0.717) is 53.1 Å². The van der Waals surface area contributed by atoms with E-state index in [1.807, 2.05) is 13.8 Å². The van der Waals surface area contributed by atoms with Crippen molar-refractivity contribution in [3.63, 3.8) is 0 Å². The number of hydrogen-bond acceptors (Lipinski definition) is 9.